The van der Waals surface area contributed by atoms with E-state index in [1.807, 2.05) is 48.5 Å². The van der Waals surface area contributed by atoms with Crippen LogP contribution in [-0.4, -0.2) is 53.5 Å². The van der Waals surface area contributed by atoms with E-state index in [4.69, 9.17) is 10.00 Å². The van der Waals surface area contributed by atoms with Gasteiger partial charge in [-0.25, -0.2) is 4.98 Å². The molecular weight excluding hydrogens is 538 g/mol. The summed E-state index contributed by atoms with van der Waals surface area (Å²) >= 11 is 0. The van der Waals surface area contributed by atoms with E-state index < -0.39 is 11.8 Å². The number of benzene rings is 3. The van der Waals surface area contributed by atoms with Crippen molar-refractivity contribution in [2.24, 2.45) is 11.8 Å². The first-order valence-corrected chi connectivity index (χ1v) is 14.7. The van der Waals surface area contributed by atoms with E-state index in [0.717, 1.165) is 5.56 Å². The Morgan fingerprint density at radius 1 is 1.00 bits per heavy atom. The fraction of sp³-hybridized carbons (Fsp3) is 0.314. The van der Waals surface area contributed by atoms with Crippen molar-refractivity contribution < 1.29 is 14.3 Å². The van der Waals surface area contributed by atoms with Gasteiger partial charge in [0, 0.05) is 37.9 Å². The molecule has 3 aromatic carbocycles. The van der Waals surface area contributed by atoms with Crippen LogP contribution in [0.25, 0.3) is 0 Å². The van der Waals surface area contributed by atoms with Crippen LogP contribution in [0.5, 0.6) is 0 Å². The van der Waals surface area contributed by atoms with Crippen LogP contribution in [0.1, 0.15) is 52.9 Å². The van der Waals surface area contributed by atoms with Gasteiger partial charge in [-0.05, 0) is 48.1 Å². The van der Waals surface area contributed by atoms with Crippen LogP contribution in [0.2, 0.25) is 0 Å². The van der Waals surface area contributed by atoms with Gasteiger partial charge in [0.2, 0.25) is 5.91 Å². The minimum absolute atomic E-state index is 0.0887. The van der Waals surface area contributed by atoms with Crippen LogP contribution in [-0.2, 0) is 20.7 Å². The highest BCUT2D eigenvalue weighted by Gasteiger charge is 2.37. The Hall–Kier alpha value is -4.74. The normalized spacial score (nSPS) is 17.6. The molecule has 1 aliphatic heterocycles. The maximum absolute atomic E-state index is 13.9. The number of aryl methyl sites for hydroxylation is 1. The third kappa shape index (κ3) is 7.76. The van der Waals surface area contributed by atoms with Crippen LogP contribution >= 0.6 is 0 Å². The van der Waals surface area contributed by atoms with E-state index in [0.29, 0.717) is 50.3 Å². The predicted molar refractivity (Wildman–Crippen MR) is 164 cm³/mol. The molecule has 2 N–H and O–H groups in total. The van der Waals surface area contributed by atoms with Crippen molar-refractivity contribution in [3.05, 3.63) is 125 Å². The van der Waals surface area contributed by atoms with Crippen molar-refractivity contribution in [3.8, 4) is 6.07 Å². The highest BCUT2D eigenvalue weighted by Crippen LogP contribution is 2.30. The Morgan fingerprint density at radius 2 is 1.65 bits per heavy atom. The topological polar surface area (TPSA) is 111 Å². The largest absolute Gasteiger partial charge is 0.469 e. The average Bonchev–Trinajstić information content (AvgIpc) is 3.61. The average molecular weight is 576 g/mol. The number of methoxy groups -OCH3 is 1. The summed E-state index contributed by atoms with van der Waals surface area (Å²) in [5.74, 6) is -0.407. The number of aromatic nitrogens is 2. The number of esters is 1. The van der Waals surface area contributed by atoms with Gasteiger partial charge in [0.15, 0.2) is 0 Å². The van der Waals surface area contributed by atoms with Gasteiger partial charge in [-0.15, -0.1) is 0 Å². The third-order valence-corrected chi connectivity index (χ3v) is 8.25. The zero-order valence-corrected chi connectivity index (χ0v) is 24.4. The summed E-state index contributed by atoms with van der Waals surface area (Å²) in [7, 11) is 1.41. The van der Waals surface area contributed by atoms with Gasteiger partial charge in [0.05, 0.1) is 36.6 Å². The second-order valence-corrected chi connectivity index (χ2v) is 11.1. The number of amides is 1. The lowest BCUT2D eigenvalue weighted by molar-refractivity contribution is -0.149. The van der Waals surface area contributed by atoms with Crippen molar-refractivity contribution in [2.45, 2.75) is 31.2 Å². The number of imidazole rings is 1. The van der Waals surface area contributed by atoms with E-state index in [9.17, 15) is 9.59 Å². The summed E-state index contributed by atoms with van der Waals surface area (Å²) in [6.45, 7) is 1.74. The lowest BCUT2D eigenvalue weighted by atomic mass is 9.85. The predicted octanol–water partition coefficient (Wildman–Crippen LogP) is 5.01. The maximum atomic E-state index is 13.9. The lowest BCUT2D eigenvalue weighted by Gasteiger charge is -2.38. The number of piperidine rings is 1. The number of nitrogens with one attached hydrogen (secondary N) is 2. The number of hydrogen-bond donors (Lipinski definition) is 2. The molecular formula is C35H37N5O3. The van der Waals surface area contributed by atoms with Crippen molar-refractivity contribution in [1.82, 2.24) is 20.2 Å². The number of nitriles is 1. The van der Waals surface area contributed by atoms with E-state index in [1.54, 1.807) is 24.5 Å². The molecule has 1 aliphatic rings. The van der Waals surface area contributed by atoms with Crippen LogP contribution in [0.3, 0.4) is 0 Å². The fourth-order valence-corrected chi connectivity index (χ4v) is 5.99. The third-order valence-electron chi connectivity index (χ3n) is 8.25. The number of carbonyl (C=O) groups is 2. The van der Waals surface area contributed by atoms with Gasteiger partial charge in [-0.2, -0.15) is 5.26 Å². The number of H-pyrrole nitrogens is 1. The standard InChI is InChI=1S/C35H37N5O3/c1-43-35(42)30-20-29(22-40(23-30)24-31(27-8-4-2-5-9-27)28-10-6-3-7-11-28)34(41)39-32(33-37-18-19-38-33)17-16-25-12-14-26(21-36)15-13-25/h2-15,18-19,29-32H,16-17,20,22-24H2,1H3,(H,37,38)(H,39,41). The molecule has 8 heteroatoms. The molecule has 5 rings (SSSR count). The number of carbonyl (C=O) groups excluding carboxylic acids is 2. The molecule has 1 aromatic heterocycles. The Labute approximate surface area is 252 Å². The maximum Gasteiger partial charge on any atom is 0.309 e. The van der Waals surface area contributed by atoms with Crippen molar-refractivity contribution >= 4 is 11.9 Å². The van der Waals surface area contributed by atoms with E-state index >= 15 is 0 Å². The van der Waals surface area contributed by atoms with Gasteiger partial charge in [0.1, 0.15) is 5.82 Å². The Bertz CT molecular complexity index is 1460. The van der Waals surface area contributed by atoms with Crippen LogP contribution in [0, 0.1) is 23.2 Å². The van der Waals surface area contributed by atoms with Gasteiger partial charge in [0.25, 0.3) is 0 Å². The van der Waals surface area contributed by atoms with Gasteiger partial charge in [-0.3, -0.25) is 9.59 Å². The van der Waals surface area contributed by atoms with Crippen molar-refractivity contribution in [2.75, 3.05) is 26.7 Å². The molecule has 0 bridgehead atoms. The number of hydrogen-bond acceptors (Lipinski definition) is 6. The molecule has 0 aliphatic carbocycles. The number of ether oxygens (including phenoxy) is 1. The molecule has 2 heterocycles. The van der Waals surface area contributed by atoms with Gasteiger partial charge < -0.3 is 19.9 Å². The molecule has 1 amide bonds. The second-order valence-electron chi connectivity index (χ2n) is 11.1. The Balaban J connectivity index is 1.33. The quantitative estimate of drug-likeness (QED) is 0.243. The van der Waals surface area contributed by atoms with E-state index in [2.05, 4.69) is 50.5 Å². The number of rotatable bonds is 11. The Morgan fingerprint density at radius 3 is 2.23 bits per heavy atom. The van der Waals surface area contributed by atoms with Crippen LogP contribution in [0.15, 0.2) is 97.3 Å². The summed E-state index contributed by atoms with van der Waals surface area (Å²) in [6.07, 6.45) is 5.19. The highest BCUT2D eigenvalue weighted by molar-refractivity contribution is 5.81. The number of likely N-dealkylation sites (tertiary alicyclic amines) is 1. The second kappa shape index (κ2) is 14.4. The molecule has 1 saturated heterocycles. The molecule has 0 spiro atoms. The van der Waals surface area contributed by atoms with Gasteiger partial charge >= 0.3 is 5.97 Å². The molecule has 4 aromatic rings. The molecule has 3 unspecified atom stereocenters. The van der Waals surface area contributed by atoms with Crippen LogP contribution in [0.4, 0.5) is 0 Å². The van der Waals surface area contributed by atoms with E-state index in [-0.39, 0.29) is 23.8 Å². The molecule has 1 fully saturated rings. The summed E-state index contributed by atoms with van der Waals surface area (Å²) in [4.78, 5) is 36.5. The first-order valence-electron chi connectivity index (χ1n) is 14.7. The highest BCUT2D eigenvalue weighted by atomic mass is 16.5. The van der Waals surface area contributed by atoms with E-state index in [1.165, 1.54) is 18.2 Å². The molecule has 43 heavy (non-hydrogen) atoms. The minimum Gasteiger partial charge on any atom is -0.469 e. The summed E-state index contributed by atoms with van der Waals surface area (Å²) in [5.41, 5.74) is 4.07. The monoisotopic (exact) mass is 575 g/mol. The fourth-order valence-electron chi connectivity index (χ4n) is 5.99. The molecule has 3 atom stereocenters. The number of aromatic amines is 1. The Kier molecular flexibility index (Phi) is 9.98. The smallest absolute Gasteiger partial charge is 0.309 e. The van der Waals surface area contributed by atoms with Crippen molar-refractivity contribution in [1.29, 1.82) is 5.26 Å². The first-order chi connectivity index (χ1) is 21.0. The minimum atomic E-state index is -0.401. The summed E-state index contributed by atoms with van der Waals surface area (Å²) in [5, 5.41) is 12.3. The zero-order valence-electron chi connectivity index (χ0n) is 24.4. The summed E-state index contributed by atoms with van der Waals surface area (Å²) < 4.78 is 5.15. The number of nitrogens with zero attached hydrogens (tertiary/aromatic N) is 3. The zero-order chi connectivity index (χ0) is 30.0. The molecule has 0 radical (unpaired) electrons. The van der Waals surface area contributed by atoms with Crippen molar-refractivity contribution in [3.63, 3.8) is 0 Å². The van der Waals surface area contributed by atoms with Gasteiger partial charge in [-0.1, -0.05) is 72.8 Å². The molecule has 0 saturated carbocycles. The lowest BCUT2D eigenvalue weighted by Crippen LogP contribution is -2.50. The first kappa shape index (κ1) is 29.7. The SMILES string of the molecule is COC(=O)C1CC(C(=O)NC(CCc2ccc(C#N)cc2)c2ncc[nH]2)CN(CC(c2ccccc2)c2ccccc2)C1. The summed E-state index contributed by atoms with van der Waals surface area (Å²) in [6, 6.07) is 30.0. The molecule has 8 nitrogen and oxygen atoms in total. The molecule has 220 valence electrons. The van der Waals surface area contributed by atoms with Crippen LogP contribution < -0.4 is 5.32 Å².